The standard InChI is InChI=1S/C20H16O2/c1-14-13-16(11-12-17(14)20(21)22)19-10-6-5-9-18(19)15-7-3-2-4-8-15/h2-13H,1H3,(H,21,22). The van der Waals surface area contributed by atoms with E-state index in [1.807, 2.05) is 49.4 Å². The molecule has 0 radical (unpaired) electrons. The van der Waals surface area contributed by atoms with Crippen molar-refractivity contribution >= 4 is 5.97 Å². The molecule has 0 spiro atoms. The topological polar surface area (TPSA) is 37.3 Å². The highest BCUT2D eigenvalue weighted by Crippen LogP contribution is 2.32. The van der Waals surface area contributed by atoms with Crippen molar-refractivity contribution in [1.82, 2.24) is 0 Å². The Morgan fingerprint density at radius 3 is 1.95 bits per heavy atom. The first-order valence-corrected chi connectivity index (χ1v) is 7.15. The van der Waals surface area contributed by atoms with Crippen LogP contribution >= 0.6 is 0 Å². The maximum atomic E-state index is 11.2. The van der Waals surface area contributed by atoms with Crippen molar-refractivity contribution in [1.29, 1.82) is 0 Å². The lowest BCUT2D eigenvalue weighted by Crippen LogP contribution is -1.99. The van der Waals surface area contributed by atoms with Gasteiger partial charge in [-0.15, -0.1) is 0 Å². The van der Waals surface area contributed by atoms with E-state index in [2.05, 4.69) is 24.3 Å². The maximum absolute atomic E-state index is 11.2. The molecule has 0 atom stereocenters. The average Bonchev–Trinajstić information content (AvgIpc) is 2.55. The van der Waals surface area contributed by atoms with Crippen molar-refractivity contribution in [3.05, 3.63) is 83.9 Å². The van der Waals surface area contributed by atoms with Crippen LogP contribution in [0.1, 0.15) is 15.9 Å². The highest BCUT2D eigenvalue weighted by molar-refractivity contribution is 5.91. The van der Waals surface area contributed by atoms with Gasteiger partial charge in [0, 0.05) is 0 Å². The normalized spacial score (nSPS) is 10.4. The summed E-state index contributed by atoms with van der Waals surface area (Å²) in [5.41, 5.74) is 5.55. The molecule has 0 saturated carbocycles. The highest BCUT2D eigenvalue weighted by Gasteiger charge is 2.11. The highest BCUT2D eigenvalue weighted by atomic mass is 16.4. The molecule has 2 heteroatoms. The van der Waals surface area contributed by atoms with Crippen LogP contribution in [0.2, 0.25) is 0 Å². The second-order valence-electron chi connectivity index (χ2n) is 5.25. The fourth-order valence-corrected chi connectivity index (χ4v) is 2.68. The lowest BCUT2D eigenvalue weighted by atomic mass is 9.93. The Balaban J connectivity index is 2.14. The summed E-state index contributed by atoms with van der Waals surface area (Å²) in [6.07, 6.45) is 0. The van der Waals surface area contributed by atoms with E-state index in [9.17, 15) is 4.79 Å². The van der Waals surface area contributed by atoms with Crippen LogP contribution in [0.15, 0.2) is 72.8 Å². The van der Waals surface area contributed by atoms with Gasteiger partial charge >= 0.3 is 5.97 Å². The number of rotatable bonds is 3. The molecule has 0 aliphatic heterocycles. The van der Waals surface area contributed by atoms with E-state index in [4.69, 9.17) is 5.11 Å². The number of carboxylic acids is 1. The van der Waals surface area contributed by atoms with Gasteiger partial charge in [-0.2, -0.15) is 0 Å². The van der Waals surface area contributed by atoms with Gasteiger partial charge < -0.3 is 5.11 Å². The lowest BCUT2D eigenvalue weighted by Gasteiger charge is -2.11. The molecule has 0 amide bonds. The van der Waals surface area contributed by atoms with Crippen LogP contribution in [-0.4, -0.2) is 11.1 Å². The van der Waals surface area contributed by atoms with Crippen molar-refractivity contribution in [2.24, 2.45) is 0 Å². The molecule has 0 fully saturated rings. The predicted molar refractivity (Wildman–Crippen MR) is 89.0 cm³/mol. The van der Waals surface area contributed by atoms with E-state index in [1.54, 1.807) is 6.07 Å². The summed E-state index contributed by atoms with van der Waals surface area (Å²) >= 11 is 0. The molecule has 0 bridgehead atoms. The summed E-state index contributed by atoms with van der Waals surface area (Å²) in [6.45, 7) is 1.83. The Morgan fingerprint density at radius 1 is 0.773 bits per heavy atom. The fourth-order valence-electron chi connectivity index (χ4n) is 2.68. The van der Waals surface area contributed by atoms with Crippen molar-refractivity contribution in [3.8, 4) is 22.3 Å². The van der Waals surface area contributed by atoms with Gasteiger partial charge in [0.15, 0.2) is 0 Å². The molecule has 0 heterocycles. The fraction of sp³-hybridized carbons (Fsp3) is 0.0500. The molecule has 2 nitrogen and oxygen atoms in total. The molecule has 0 saturated heterocycles. The molecular weight excluding hydrogens is 272 g/mol. The van der Waals surface area contributed by atoms with Crippen LogP contribution in [-0.2, 0) is 0 Å². The number of carboxylic acid groups (broad SMARTS) is 1. The Labute approximate surface area is 129 Å². The van der Waals surface area contributed by atoms with Crippen molar-refractivity contribution in [2.75, 3.05) is 0 Å². The monoisotopic (exact) mass is 288 g/mol. The van der Waals surface area contributed by atoms with E-state index in [0.717, 1.165) is 27.8 Å². The predicted octanol–water partition coefficient (Wildman–Crippen LogP) is 5.03. The van der Waals surface area contributed by atoms with Crippen molar-refractivity contribution in [2.45, 2.75) is 6.92 Å². The number of hydrogen-bond acceptors (Lipinski definition) is 1. The average molecular weight is 288 g/mol. The third-order valence-corrected chi connectivity index (χ3v) is 3.78. The Hall–Kier alpha value is -2.87. The summed E-state index contributed by atoms with van der Waals surface area (Å²) < 4.78 is 0. The second-order valence-corrected chi connectivity index (χ2v) is 5.25. The minimum absolute atomic E-state index is 0.348. The minimum atomic E-state index is -0.889. The maximum Gasteiger partial charge on any atom is 0.335 e. The molecule has 3 aromatic carbocycles. The SMILES string of the molecule is Cc1cc(-c2ccccc2-c2ccccc2)ccc1C(=O)O. The second kappa shape index (κ2) is 5.86. The number of aryl methyl sites for hydroxylation is 1. The van der Waals surface area contributed by atoms with E-state index >= 15 is 0 Å². The van der Waals surface area contributed by atoms with Crippen LogP contribution in [0.5, 0.6) is 0 Å². The zero-order valence-corrected chi connectivity index (χ0v) is 12.3. The number of carbonyl (C=O) groups is 1. The smallest absolute Gasteiger partial charge is 0.335 e. The van der Waals surface area contributed by atoms with Gasteiger partial charge in [-0.05, 0) is 40.8 Å². The molecule has 1 N–H and O–H groups in total. The third-order valence-electron chi connectivity index (χ3n) is 3.78. The van der Waals surface area contributed by atoms with Gasteiger partial charge in [0.1, 0.15) is 0 Å². The molecule has 0 aliphatic rings. The summed E-state index contributed by atoms with van der Waals surface area (Å²) in [7, 11) is 0. The zero-order valence-electron chi connectivity index (χ0n) is 12.3. The van der Waals surface area contributed by atoms with Gasteiger partial charge in [0.25, 0.3) is 0 Å². The largest absolute Gasteiger partial charge is 0.478 e. The van der Waals surface area contributed by atoms with E-state index < -0.39 is 5.97 Å². The third kappa shape index (κ3) is 2.63. The van der Waals surface area contributed by atoms with Crippen LogP contribution < -0.4 is 0 Å². The van der Waals surface area contributed by atoms with Crippen LogP contribution in [0, 0.1) is 6.92 Å². The van der Waals surface area contributed by atoms with Crippen molar-refractivity contribution < 1.29 is 9.90 Å². The van der Waals surface area contributed by atoms with E-state index in [0.29, 0.717) is 5.56 Å². The molecule has 0 aromatic heterocycles. The summed E-state index contributed by atoms with van der Waals surface area (Å²) in [5, 5.41) is 9.16. The van der Waals surface area contributed by atoms with Gasteiger partial charge in [-0.3, -0.25) is 0 Å². The van der Waals surface area contributed by atoms with Gasteiger partial charge in [-0.25, -0.2) is 4.79 Å². The minimum Gasteiger partial charge on any atom is -0.478 e. The van der Waals surface area contributed by atoms with Crippen LogP contribution in [0.3, 0.4) is 0 Å². The van der Waals surface area contributed by atoms with Gasteiger partial charge in [-0.1, -0.05) is 66.7 Å². The molecular formula is C20H16O2. The zero-order chi connectivity index (χ0) is 15.5. The van der Waals surface area contributed by atoms with E-state index in [-0.39, 0.29) is 0 Å². The quantitative estimate of drug-likeness (QED) is 0.734. The number of aromatic carboxylic acids is 1. The Bertz CT molecular complexity index is 820. The summed E-state index contributed by atoms with van der Waals surface area (Å²) in [4.78, 5) is 11.2. The van der Waals surface area contributed by atoms with Crippen LogP contribution in [0.25, 0.3) is 22.3 Å². The summed E-state index contributed by atoms with van der Waals surface area (Å²) in [6, 6.07) is 23.9. The van der Waals surface area contributed by atoms with Gasteiger partial charge in [0.05, 0.1) is 5.56 Å². The number of hydrogen-bond donors (Lipinski definition) is 1. The molecule has 22 heavy (non-hydrogen) atoms. The molecule has 3 aromatic rings. The summed E-state index contributed by atoms with van der Waals surface area (Å²) in [5.74, 6) is -0.889. The molecule has 3 rings (SSSR count). The van der Waals surface area contributed by atoms with E-state index in [1.165, 1.54) is 0 Å². The lowest BCUT2D eigenvalue weighted by molar-refractivity contribution is 0.0696. The Kier molecular flexibility index (Phi) is 3.75. The Morgan fingerprint density at radius 2 is 1.36 bits per heavy atom. The van der Waals surface area contributed by atoms with Gasteiger partial charge in [0.2, 0.25) is 0 Å². The first-order valence-electron chi connectivity index (χ1n) is 7.15. The first kappa shape index (κ1) is 14.1. The number of benzene rings is 3. The first-order chi connectivity index (χ1) is 10.7. The molecule has 0 unspecified atom stereocenters. The van der Waals surface area contributed by atoms with Crippen LogP contribution in [0.4, 0.5) is 0 Å². The molecule has 108 valence electrons. The molecule has 0 aliphatic carbocycles. The van der Waals surface area contributed by atoms with Crippen molar-refractivity contribution in [3.63, 3.8) is 0 Å².